The Kier molecular flexibility index (Phi) is 3.47. The SMILES string of the molecule is Cc1ccc2op(C(C)(C)C)oc3ccc4ccccc4c3c2c1. The number of aryl methyl sites for hydroxylation is 1. The van der Waals surface area contributed by atoms with Crippen molar-refractivity contribution in [3.63, 3.8) is 0 Å². The normalized spacial score (nSPS) is 12.9. The van der Waals surface area contributed by atoms with E-state index in [9.17, 15) is 0 Å². The van der Waals surface area contributed by atoms with Gasteiger partial charge in [-0.1, -0.05) is 42.0 Å². The molecule has 3 heteroatoms. The van der Waals surface area contributed by atoms with Gasteiger partial charge in [-0.3, -0.25) is 0 Å². The van der Waals surface area contributed by atoms with Crippen molar-refractivity contribution < 1.29 is 8.39 Å². The minimum absolute atomic E-state index is 0.0647. The minimum Gasteiger partial charge on any atom is -0.419 e. The van der Waals surface area contributed by atoms with Crippen molar-refractivity contribution in [2.24, 2.45) is 0 Å². The molecule has 3 aromatic carbocycles. The van der Waals surface area contributed by atoms with E-state index in [1.165, 1.54) is 16.3 Å². The summed E-state index contributed by atoms with van der Waals surface area (Å²) in [4.78, 5) is 0. The van der Waals surface area contributed by atoms with Gasteiger partial charge in [0.15, 0.2) is 0 Å². The second-order valence-electron chi connectivity index (χ2n) is 7.27. The molecule has 0 aliphatic carbocycles. The van der Waals surface area contributed by atoms with Crippen LogP contribution >= 0.6 is 8.01 Å². The van der Waals surface area contributed by atoms with Crippen LogP contribution in [-0.2, 0) is 5.16 Å². The molecule has 2 nitrogen and oxygen atoms in total. The number of benzene rings is 3. The second kappa shape index (κ2) is 5.43. The van der Waals surface area contributed by atoms with Gasteiger partial charge < -0.3 is 8.39 Å². The lowest BCUT2D eigenvalue weighted by atomic mass is 10.0. The summed E-state index contributed by atoms with van der Waals surface area (Å²) in [7, 11) is -1.08. The molecule has 0 fully saturated rings. The Hall–Kier alpha value is -2.18. The van der Waals surface area contributed by atoms with Crippen LogP contribution in [0.3, 0.4) is 0 Å². The van der Waals surface area contributed by atoms with Crippen LogP contribution in [-0.4, -0.2) is 0 Å². The van der Waals surface area contributed by atoms with Crippen LogP contribution in [0.2, 0.25) is 0 Å². The molecule has 0 aliphatic rings. The zero-order valence-corrected chi connectivity index (χ0v) is 15.4. The van der Waals surface area contributed by atoms with Crippen molar-refractivity contribution in [2.45, 2.75) is 32.9 Å². The molecular weight excluding hydrogens is 315 g/mol. The Morgan fingerprint density at radius 1 is 0.792 bits per heavy atom. The molecule has 0 N–H and O–H groups in total. The molecule has 0 amide bonds. The maximum atomic E-state index is 6.39. The van der Waals surface area contributed by atoms with Gasteiger partial charge in [-0.05, 0) is 56.7 Å². The molecular formula is C21H21O2P. The Balaban J connectivity index is 2.34. The summed E-state index contributed by atoms with van der Waals surface area (Å²) in [6.07, 6.45) is 0. The van der Waals surface area contributed by atoms with Crippen molar-refractivity contribution in [1.29, 1.82) is 0 Å². The van der Waals surface area contributed by atoms with Gasteiger partial charge in [0.25, 0.3) is 0 Å². The highest BCUT2D eigenvalue weighted by atomic mass is 31.1. The number of hydrogen-bond donors (Lipinski definition) is 0. The first-order chi connectivity index (χ1) is 11.4. The van der Waals surface area contributed by atoms with Crippen molar-refractivity contribution in [1.82, 2.24) is 0 Å². The predicted octanol–water partition coefficient (Wildman–Crippen LogP) is 7.51. The lowest BCUT2D eigenvalue weighted by Gasteiger charge is -2.13. The number of hydrogen-bond acceptors (Lipinski definition) is 2. The van der Waals surface area contributed by atoms with Crippen LogP contribution in [0.25, 0.3) is 32.7 Å². The topological polar surface area (TPSA) is 26.3 Å². The number of fused-ring (bicyclic) bond motifs is 5. The Morgan fingerprint density at radius 2 is 1.50 bits per heavy atom. The van der Waals surface area contributed by atoms with Gasteiger partial charge in [0.1, 0.15) is 11.2 Å². The third-order valence-corrected chi connectivity index (χ3v) is 6.03. The third kappa shape index (κ3) is 2.52. The van der Waals surface area contributed by atoms with Gasteiger partial charge in [0.2, 0.25) is 8.01 Å². The highest BCUT2D eigenvalue weighted by Gasteiger charge is 2.21. The molecule has 24 heavy (non-hydrogen) atoms. The van der Waals surface area contributed by atoms with Gasteiger partial charge in [0, 0.05) is 10.8 Å². The molecule has 1 unspecified atom stereocenters. The van der Waals surface area contributed by atoms with Crippen molar-refractivity contribution in [2.75, 3.05) is 0 Å². The molecule has 0 spiro atoms. The van der Waals surface area contributed by atoms with Crippen molar-refractivity contribution >= 4 is 40.7 Å². The van der Waals surface area contributed by atoms with E-state index in [1.807, 2.05) is 0 Å². The van der Waals surface area contributed by atoms with E-state index in [2.05, 4.69) is 82.3 Å². The highest BCUT2D eigenvalue weighted by molar-refractivity contribution is 7.38. The molecule has 1 atom stereocenters. The van der Waals surface area contributed by atoms with Crippen LogP contribution in [0.4, 0.5) is 0 Å². The predicted molar refractivity (Wildman–Crippen MR) is 104 cm³/mol. The lowest BCUT2D eigenvalue weighted by molar-refractivity contribution is 0.565. The van der Waals surface area contributed by atoms with E-state index in [-0.39, 0.29) is 5.16 Å². The fourth-order valence-corrected chi connectivity index (χ4v) is 4.25. The van der Waals surface area contributed by atoms with E-state index in [1.54, 1.807) is 0 Å². The van der Waals surface area contributed by atoms with Crippen LogP contribution in [0.15, 0.2) is 63.0 Å². The smallest absolute Gasteiger partial charge is 0.222 e. The zero-order chi connectivity index (χ0) is 16.9. The average molecular weight is 336 g/mol. The van der Waals surface area contributed by atoms with Gasteiger partial charge in [0.05, 0.1) is 5.16 Å². The molecule has 0 aliphatic heterocycles. The Morgan fingerprint density at radius 3 is 2.29 bits per heavy atom. The van der Waals surface area contributed by atoms with Gasteiger partial charge in [-0.25, -0.2) is 0 Å². The lowest BCUT2D eigenvalue weighted by Crippen LogP contribution is -1.99. The second-order valence-corrected chi connectivity index (χ2v) is 9.49. The minimum atomic E-state index is -1.08. The van der Waals surface area contributed by atoms with Crippen LogP contribution in [0.1, 0.15) is 26.3 Å². The highest BCUT2D eigenvalue weighted by Crippen LogP contribution is 2.47. The zero-order valence-electron chi connectivity index (χ0n) is 14.5. The first kappa shape index (κ1) is 15.4. The van der Waals surface area contributed by atoms with Crippen LogP contribution in [0, 0.1) is 6.92 Å². The summed E-state index contributed by atoms with van der Waals surface area (Å²) < 4.78 is 12.7. The molecule has 0 saturated carbocycles. The van der Waals surface area contributed by atoms with Gasteiger partial charge >= 0.3 is 0 Å². The van der Waals surface area contributed by atoms with Crippen molar-refractivity contribution in [3.05, 3.63) is 60.2 Å². The van der Waals surface area contributed by atoms with Crippen molar-refractivity contribution in [3.8, 4) is 0 Å². The first-order valence-corrected chi connectivity index (χ1v) is 9.40. The summed E-state index contributed by atoms with van der Waals surface area (Å²) >= 11 is 0. The molecule has 0 bridgehead atoms. The fourth-order valence-electron chi connectivity index (χ4n) is 3.00. The fraction of sp³-hybridized carbons (Fsp3) is 0.238. The average Bonchev–Trinajstić information content (AvgIpc) is 2.71. The summed E-state index contributed by atoms with van der Waals surface area (Å²) in [6.45, 7) is 8.61. The van der Waals surface area contributed by atoms with E-state index in [0.717, 1.165) is 21.9 Å². The monoisotopic (exact) mass is 336 g/mol. The van der Waals surface area contributed by atoms with E-state index in [4.69, 9.17) is 8.39 Å². The summed E-state index contributed by atoms with van der Waals surface area (Å²) in [6, 6.07) is 19.0. The standard InChI is InChI=1S/C21H21O2P/c1-14-9-11-18-17(13-14)20-16-8-6-5-7-15(16)10-12-19(20)23-24(22-18)21(2,3)4/h5-13H,1-4H3. The van der Waals surface area contributed by atoms with E-state index < -0.39 is 8.01 Å². The Bertz CT molecular complexity index is 1100. The summed E-state index contributed by atoms with van der Waals surface area (Å²) in [5, 5.41) is 4.62. The molecule has 4 rings (SSSR count). The largest absolute Gasteiger partial charge is 0.419 e. The first-order valence-electron chi connectivity index (χ1n) is 8.22. The quantitative estimate of drug-likeness (QED) is 0.332. The maximum absolute atomic E-state index is 6.39. The molecule has 1 heterocycles. The van der Waals surface area contributed by atoms with Crippen LogP contribution < -0.4 is 0 Å². The van der Waals surface area contributed by atoms with Gasteiger partial charge in [-0.15, -0.1) is 0 Å². The van der Waals surface area contributed by atoms with E-state index in [0.29, 0.717) is 0 Å². The summed E-state index contributed by atoms with van der Waals surface area (Å²) in [5.41, 5.74) is 3.05. The number of rotatable bonds is 0. The summed E-state index contributed by atoms with van der Waals surface area (Å²) in [5.74, 6) is 0. The molecule has 122 valence electrons. The van der Waals surface area contributed by atoms with Gasteiger partial charge in [-0.2, -0.15) is 0 Å². The maximum Gasteiger partial charge on any atom is 0.222 e. The molecule has 0 radical (unpaired) electrons. The Labute approximate surface area is 142 Å². The van der Waals surface area contributed by atoms with Crippen LogP contribution in [0.5, 0.6) is 0 Å². The molecule has 1 aromatic heterocycles. The third-order valence-electron chi connectivity index (χ3n) is 4.21. The molecule has 0 saturated heterocycles. The van der Waals surface area contributed by atoms with E-state index >= 15 is 0 Å². The molecule has 4 aromatic rings.